The molecular weight excluding hydrogens is 168 g/mol. The van der Waals surface area contributed by atoms with E-state index in [0.29, 0.717) is 5.25 Å². The van der Waals surface area contributed by atoms with Crippen molar-refractivity contribution in [3.05, 3.63) is 0 Å². The van der Waals surface area contributed by atoms with Crippen LogP contribution in [0.15, 0.2) is 0 Å². The van der Waals surface area contributed by atoms with E-state index in [1.807, 2.05) is 0 Å². The topological polar surface area (TPSA) is 17.1 Å². The van der Waals surface area contributed by atoms with Crippen molar-refractivity contribution in [1.82, 2.24) is 0 Å². The molecule has 0 aromatic carbocycles. The van der Waals surface area contributed by atoms with Crippen molar-refractivity contribution in [1.29, 1.82) is 0 Å². The van der Waals surface area contributed by atoms with Crippen molar-refractivity contribution in [2.75, 3.05) is 5.75 Å². The second kappa shape index (κ2) is 5.74. The monoisotopic (exact) mass is 188 g/mol. The lowest BCUT2D eigenvalue weighted by Gasteiger charge is -2.20. The van der Waals surface area contributed by atoms with E-state index in [0.717, 1.165) is 12.2 Å². The maximum absolute atomic E-state index is 11.7. The van der Waals surface area contributed by atoms with Gasteiger partial charge in [-0.05, 0) is 19.3 Å². The first kappa shape index (κ1) is 10.2. The molecular formula is C10H20OS. The predicted molar refractivity (Wildman–Crippen MR) is 54.8 cm³/mol. The van der Waals surface area contributed by atoms with Crippen LogP contribution in [-0.4, -0.2) is 15.2 Å². The quantitative estimate of drug-likeness (QED) is 0.663. The van der Waals surface area contributed by atoms with Crippen LogP contribution in [0.4, 0.5) is 0 Å². The molecule has 0 bridgehead atoms. The molecule has 0 heterocycles. The largest absolute Gasteiger partial charge is 0.259 e. The summed E-state index contributed by atoms with van der Waals surface area (Å²) in [4.78, 5) is 0. The molecule has 0 N–H and O–H groups in total. The molecule has 1 aliphatic carbocycles. The summed E-state index contributed by atoms with van der Waals surface area (Å²) < 4.78 is 11.7. The van der Waals surface area contributed by atoms with Crippen LogP contribution in [0, 0.1) is 0 Å². The summed E-state index contributed by atoms with van der Waals surface area (Å²) in [5, 5.41) is 0.547. The molecule has 12 heavy (non-hydrogen) atoms. The summed E-state index contributed by atoms with van der Waals surface area (Å²) in [5.41, 5.74) is 0. The Hall–Kier alpha value is 0.150. The van der Waals surface area contributed by atoms with Crippen molar-refractivity contribution in [3.63, 3.8) is 0 Å². The van der Waals surface area contributed by atoms with Gasteiger partial charge in [-0.3, -0.25) is 4.21 Å². The molecule has 0 aliphatic heterocycles. The molecule has 0 aromatic rings. The smallest absolute Gasteiger partial charge is 0.0348 e. The van der Waals surface area contributed by atoms with Gasteiger partial charge in [-0.2, -0.15) is 0 Å². The van der Waals surface area contributed by atoms with E-state index in [4.69, 9.17) is 0 Å². The third kappa shape index (κ3) is 3.26. The van der Waals surface area contributed by atoms with Gasteiger partial charge in [0, 0.05) is 21.8 Å². The van der Waals surface area contributed by atoms with Crippen molar-refractivity contribution in [2.24, 2.45) is 0 Å². The molecule has 0 aromatic heterocycles. The zero-order valence-corrected chi connectivity index (χ0v) is 8.87. The Morgan fingerprint density at radius 2 is 1.92 bits per heavy atom. The van der Waals surface area contributed by atoms with E-state index in [1.54, 1.807) is 0 Å². The highest BCUT2D eigenvalue weighted by molar-refractivity contribution is 7.85. The van der Waals surface area contributed by atoms with Crippen LogP contribution >= 0.6 is 0 Å². The molecule has 1 aliphatic rings. The highest BCUT2D eigenvalue weighted by Crippen LogP contribution is 2.22. The first-order valence-corrected chi connectivity index (χ1v) is 6.60. The van der Waals surface area contributed by atoms with E-state index in [2.05, 4.69) is 6.92 Å². The van der Waals surface area contributed by atoms with Gasteiger partial charge in [0.15, 0.2) is 0 Å². The summed E-state index contributed by atoms with van der Waals surface area (Å²) in [7, 11) is -0.506. The Kier molecular flexibility index (Phi) is 4.89. The molecule has 1 saturated carbocycles. The minimum absolute atomic E-state index is 0.506. The minimum atomic E-state index is -0.506. The Bertz CT molecular complexity index is 139. The Balaban J connectivity index is 2.20. The molecule has 72 valence electrons. The lowest BCUT2D eigenvalue weighted by Crippen LogP contribution is -2.20. The molecule has 0 spiro atoms. The van der Waals surface area contributed by atoms with Gasteiger partial charge in [0.2, 0.25) is 0 Å². The molecule has 0 saturated heterocycles. The van der Waals surface area contributed by atoms with Crippen molar-refractivity contribution < 1.29 is 4.21 Å². The Morgan fingerprint density at radius 1 is 1.25 bits per heavy atom. The second-order valence-electron chi connectivity index (χ2n) is 3.70. The lowest BCUT2D eigenvalue weighted by molar-refractivity contribution is 0.504. The summed E-state index contributed by atoms with van der Waals surface area (Å²) in [6.45, 7) is 2.16. The van der Waals surface area contributed by atoms with Crippen LogP contribution in [-0.2, 0) is 10.8 Å². The van der Waals surface area contributed by atoms with Crippen LogP contribution in [0.5, 0.6) is 0 Å². The number of hydrogen-bond acceptors (Lipinski definition) is 1. The SMILES string of the molecule is CCCCS(=O)C1CCCCC1. The van der Waals surface area contributed by atoms with Crippen molar-refractivity contribution in [2.45, 2.75) is 57.1 Å². The van der Waals surface area contributed by atoms with E-state index in [-0.39, 0.29) is 0 Å². The second-order valence-corrected chi connectivity index (χ2v) is 5.53. The van der Waals surface area contributed by atoms with E-state index in [9.17, 15) is 4.21 Å². The Labute approximate surface area is 78.4 Å². The fraction of sp³-hybridized carbons (Fsp3) is 1.00. The van der Waals surface area contributed by atoms with Crippen molar-refractivity contribution >= 4 is 10.8 Å². The van der Waals surface area contributed by atoms with Gasteiger partial charge >= 0.3 is 0 Å². The molecule has 1 nitrogen and oxygen atoms in total. The number of unbranched alkanes of at least 4 members (excludes halogenated alkanes) is 1. The minimum Gasteiger partial charge on any atom is -0.259 e. The first-order chi connectivity index (χ1) is 5.84. The van der Waals surface area contributed by atoms with Crippen molar-refractivity contribution in [3.8, 4) is 0 Å². The molecule has 1 atom stereocenters. The zero-order valence-electron chi connectivity index (χ0n) is 8.05. The van der Waals surface area contributed by atoms with Gasteiger partial charge in [0.05, 0.1) is 0 Å². The van der Waals surface area contributed by atoms with E-state index < -0.39 is 10.8 Å². The summed E-state index contributed by atoms with van der Waals surface area (Å²) in [6, 6.07) is 0. The average molecular weight is 188 g/mol. The van der Waals surface area contributed by atoms with Gasteiger partial charge < -0.3 is 0 Å². The molecule has 1 unspecified atom stereocenters. The molecule has 1 rings (SSSR count). The van der Waals surface area contributed by atoms with Gasteiger partial charge in [-0.25, -0.2) is 0 Å². The van der Waals surface area contributed by atoms with Crippen LogP contribution in [0.25, 0.3) is 0 Å². The van der Waals surface area contributed by atoms with Crippen LogP contribution < -0.4 is 0 Å². The summed E-state index contributed by atoms with van der Waals surface area (Å²) in [5.74, 6) is 0.946. The zero-order chi connectivity index (χ0) is 8.81. The third-order valence-corrected chi connectivity index (χ3v) is 4.53. The van der Waals surface area contributed by atoms with Gasteiger partial charge in [0.1, 0.15) is 0 Å². The van der Waals surface area contributed by atoms with Crippen LogP contribution in [0.2, 0.25) is 0 Å². The fourth-order valence-corrected chi connectivity index (χ4v) is 3.55. The lowest BCUT2D eigenvalue weighted by atomic mass is 10.0. The maximum Gasteiger partial charge on any atom is 0.0348 e. The van der Waals surface area contributed by atoms with E-state index in [1.165, 1.54) is 38.5 Å². The predicted octanol–water partition coefficient (Wildman–Crippen LogP) is 2.87. The Morgan fingerprint density at radius 3 is 2.50 bits per heavy atom. The standard InChI is InChI=1S/C10H20OS/c1-2-3-9-12(11)10-7-5-4-6-8-10/h10H,2-9H2,1H3. The van der Waals surface area contributed by atoms with Gasteiger partial charge in [-0.1, -0.05) is 32.6 Å². The van der Waals surface area contributed by atoms with Gasteiger partial charge in [0.25, 0.3) is 0 Å². The third-order valence-electron chi connectivity index (χ3n) is 2.62. The maximum atomic E-state index is 11.7. The van der Waals surface area contributed by atoms with Crippen LogP contribution in [0.1, 0.15) is 51.9 Å². The number of hydrogen-bond donors (Lipinski definition) is 0. The molecule has 0 radical (unpaired) electrons. The van der Waals surface area contributed by atoms with Crippen LogP contribution in [0.3, 0.4) is 0 Å². The average Bonchev–Trinajstić information content (AvgIpc) is 2.15. The highest BCUT2D eigenvalue weighted by Gasteiger charge is 2.18. The normalized spacial score (nSPS) is 22.4. The molecule has 1 fully saturated rings. The highest BCUT2D eigenvalue weighted by atomic mass is 32.2. The molecule has 0 amide bonds. The van der Waals surface area contributed by atoms with Gasteiger partial charge in [-0.15, -0.1) is 0 Å². The number of rotatable bonds is 4. The summed E-state index contributed by atoms with van der Waals surface area (Å²) in [6.07, 6.45) is 8.74. The molecule has 2 heteroatoms. The fourth-order valence-electron chi connectivity index (χ4n) is 1.78. The first-order valence-electron chi connectivity index (χ1n) is 5.21. The summed E-state index contributed by atoms with van der Waals surface area (Å²) >= 11 is 0. The van der Waals surface area contributed by atoms with E-state index >= 15 is 0 Å².